The number of carbonyl (C=O) groups is 5. The molecule has 8 heteroatoms. The van der Waals surface area contributed by atoms with Crippen molar-refractivity contribution in [1.29, 1.82) is 0 Å². The first kappa shape index (κ1) is 30.1. The number of fused-ring (bicyclic) bond motifs is 3. The third-order valence-electron chi connectivity index (χ3n) is 8.56. The largest absolute Gasteiger partial charge is 0.483 e. The number of nitrogens with two attached hydrogens (primary N) is 1. The van der Waals surface area contributed by atoms with Crippen LogP contribution in [0.25, 0.3) is 0 Å². The lowest BCUT2D eigenvalue weighted by Gasteiger charge is -2.32. The molecular formula is C28H46N2O6. The van der Waals surface area contributed by atoms with Gasteiger partial charge < -0.3 is 15.7 Å². The van der Waals surface area contributed by atoms with Gasteiger partial charge in [-0.1, -0.05) is 72.1 Å². The average molecular weight is 507 g/mol. The van der Waals surface area contributed by atoms with Crippen LogP contribution in [0.2, 0.25) is 0 Å². The molecule has 2 aliphatic heterocycles. The average Bonchev–Trinajstić information content (AvgIpc) is 3.17. The minimum Gasteiger partial charge on any atom is -0.483 e. The fourth-order valence-corrected chi connectivity index (χ4v) is 6.24. The Morgan fingerprint density at radius 2 is 1.61 bits per heavy atom. The Balaban J connectivity index is 0.00000145. The van der Waals surface area contributed by atoms with Gasteiger partial charge in [0, 0.05) is 25.3 Å². The van der Waals surface area contributed by atoms with E-state index < -0.39 is 18.0 Å². The van der Waals surface area contributed by atoms with Gasteiger partial charge in [-0.25, -0.2) is 0 Å². The molecule has 3 aliphatic rings. The number of unbranched alkanes of at least 4 members (excludes halogenated alkanes) is 1. The Hall–Kier alpha value is -2.09. The van der Waals surface area contributed by atoms with Gasteiger partial charge in [-0.2, -0.15) is 0 Å². The van der Waals surface area contributed by atoms with Crippen LogP contribution in [0.3, 0.4) is 0 Å². The minimum atomic E-state index is -0.568. The van der Waals surface area contributed by atoms with E-state index in [1.807, 2.05) is 6.92 Å². The van der Waals surface area contributed by atoms with E-state index in [0.717, 1.165) is 51.4 Å². The summed E-state index contributed by atoms with van der Waals surface area (Å²) in [5.74, 6) is -1.00. The predicted molar refractivity (Wildman–Crippen MR) is 137 cm³/mol. The molecule has 3 rings (SSSR count). The Morgan fingerprint density at radius 3 is 2.19 bits per heavy atom. The monoisotopic (exact) mass is 506 g/mol. The summed E-state index contributed by atoms with van der Waals surface area (Å²) >= 11 is 0. The van der Waals surface area contributed by atoms with E-state index in [-0.39, 0.29) is 53.9 Å². The van der Waals surface area contributed by atoms with Crippen LogP contribution in [0.1, 0.15) is 104 Å². The van der Waals surface area contributed by atoms with Crippen molar-refractivity contribution >= 4 is 29.7 Å². The molecule has 0 unspecified atom stereocenters. The van der Waals surface area contributed by atoms with Gasteiger partial charge in [0.15, 0.2) is 11.6 Å². The maximum Gasteiger partial charge on any atom is 0.290 e. The number of rotatable bonds is 5. The normalized spacial score (nSPS) is 30.9. The minimum absolute atomic E-state index is 0.0263. The lowest BCUT2D eigenvalue weighted by Crippen LogP contribution is -2.52. The number of hydrogen-bond donors (Lipinski definition) is 2. The summed E-state index contributed by atoms with van der Waals surface area (Å²) in [4.78, 5) is 62.5. The third kappa shape index (κ3) is 7.46. The van der Waals surface area contributed by atoms with E-state index in [9.17, 15) is 19.2 Å². The highest BCUT2D eigenvalue weighted by atomic mass is 16.3. The van der Waals surface area contributed by atoms with Crippen molar-refractivity contribution < 1.29 is 29.1 Å². The number of nitrogens with zero attached hydrogens (tertiary/aromatic N) is 1. The van der Waals surface area contributed by atoms with E-state index in [1.165, 1.54) is 0 Å². The molecule has 1 aliphatic carbocycles. The summed E-state index contributed by atoms with van der Waals surface area (Å²) < 4.78 is 0. The standard InChI is InChI=1S/C27H44N2O4.CH2O2/c1-4-5-15-21(30)25(32)18-13-11-9-7-6-8-10-12-14-20(28)26(33)29-17-19-23(27(19,2)3)24(29)22(31)16-18;2-1-3/h18-20,23-24H,4-17,28H2,1-3H3;1H,(H,2,3)/t18-,19+,20+,23+,24-;/m1./s1. The molecule has 2 heterocycles. The number of carboxylic acid groups (broad SMARTS) is 1. The molecule has 8 nitrogen and oxygen atoms in total. The highest BCUT2D eigenvalue weighted by Crippen LogP contribution is 2.65. The highest BCUT2D eigenvalue weighted by Gasteiger charge is 2.69. The van der Waals surface area contributed by atoms with Gasteiger partial charge in [0.1, 0.15) is 0 Å². The van der Waals surface area contributed by atoms with Gasteiger partial charge in [-0.05, 0) is 36.5 Å². The van der Waals surface area contributed by atoms with Crippen molar-refractivity contribution in [2.24, 2.45) is 28.9 Å². The van der Waals surface area contributed by atoms with Crippen LogP contribution in [-0.2, 0) is 24.0 Å². The summed E-state index contributed by atoms with van der Waals surface area (Å²) in [6, 6.07) is -1.07. The van der Waals surface area contributed by atoms with Crippen molar-refractivity contribution in [3.8, 4) is 0 Å². The molecule has 0 radical (unpaired) electrons. The van der Waals surface area contributed by atoms with Crippen LogP contribution < -0.4 is 5.73 Å². The zero-order valence-corrected chi connectivity index (χ0v) is 22.4. The first-order valence-electron chi connectivity index (χ1n) is 13.8. The summed E-state index contributed by atoms with van der Waals surface area (Å²) in [5, 5.41) is 6.89. The maximum atomic E-state index is 13.6. The van der Waals surface area contributed by atoms with Gasteiger partial charge in [0.05, 0.1) is 12.1 Å². The van der Waals surface area contributed by atoms with E-state index in [2.05, 4.69) is 13.8 Å². The molecule has 3 fully saturated rings. The fraction of sp³-hybridized carbons (Fsp3) is 0.821. The second kappa shape index (κ2) is 14.0. The van der Waals surface area contributed by atoms with Crippen molar-refractivity contribution in [2.45, 2.75) is 116 Å². The molecule has 0 aromatic rings. The van der Waals surface area contributed by atoms with E-state index >= 15 is 0 Å². The Kier molecular flexibility index (Phi) is 11.7. The van der Waals surface area contributed by atoms with Crippen molar-refractivity contribution in [3.05, 3.63) is 0 Å². The number of carbonyl (C=O) groups excluding carboxylic acids is 4. The Labute approximate surface area is 215 Å². The first-order chi connectivity index (χ1) is 17.1. The number of ketones is 3. The van der Waals surface area contributed by atoms with E-state index in [1.54, 1.807) is 4.90 Å². The lowest BCUT2D eigenvalue weighted by atomic mass is 9.85. The van der Waals surface area contributed by atoms with Gasteiger partial charge >= 0.3 is 0 Å². The second-order valence-corrected chi connectivity index (χ2v) is 11.4. The van der Waals surface area contributed by atoms with Crippen LogP contribution >= 0.6 is 0 Å². The topological polar surface area (TPSA) is 135 Å². The van der Waals surface area contributed by atoms with E-state index in [4.69, 9.17) is 15.6 Å². The number of Topliss-reactive ketones (excluding diaryl/α,β-unsaturated/α-hetero) is 3. The fourth-order valence-electron chi connectivity index (χ4n) is 6.24. The zero-order valence-electron chi connectivity index (χ0n) is 22.4. The molecular weight excluding hydrogens is 460 g/mol. The molecule has 5 atom stereocenters. The summed E-state index contributed by atoms with van der Waals surface area (Å²) in [5.41, 5.74) is 6.30. The van der Waals surface area contributed by atoms with Gasteiger partial charge in [-0.3, -0.25) is 24.0 Å². The molecule has 0 spiro atoms. The maximum absolute atomic E-state index is 13.6. The zero-order chi connectivity index (χ0) is 26.9. The molecule has 2 saturated heterocycles. The molecule has 0 bridgehead atoms. The molecule has 36 heavy (non-hydrogen) atoms. The molecule has 0 aromatic heterocycles. The molecule has 204 valence electrons. The summed E-state index contributed by atoms with van der Waals surface area (Å²) in [7, 11) is 0. The van der Waals surface area contributed by atoms with Crippen LogP contribution in [0.4, 0.5) is 0 Å². The highest BCUT2D eigenvalue weighted by molar-refractivity contribution is 6.38. The molecule has 3 N–H and O–H groups in total. The third-order valence-corrected chi connectivity index (χ3v) is 8.56. The number of hydrogen-bond acceptors (Lipinski definition) is 6. The number of piperidine rings is 1. The van der Waals surface area contributed by atoms with Gasteiger partial charge in [0.2, 0.25) is 11.7 Å². The summed E-state index contributed by atoms with van der Waals surface area (Å²) in [6.07, 6.45) is 10.4. The number of amides is 1. The first-order valence-corrected chi connectivity index (χ1v) is 13.8. The van der Waals surface area contributed by atoms with Crippen molar-refractivity contribution in [3.63, 3.8) is 0 Å². The van der Waals surface area contributed by atoms with Crippen LogP contribution in [0.5, 0.6) is 0 Å². The SMILES string of the molecule is CCCCC(=O)C(=O)[C@@H]1CCCCCCCCC[C@H](N)C(=O)N2C[C@H]3[C@@H]([C@H]2C(=O)C1)C3(C)C.O=CO. The Bertz CT molecular complexity index is 795. The molecule has 1 saturated carbocycles. The smallest absolute Gasteiger partial charge is 0.290 e. The quantitative estimate of drug-likeness (QED) is 0.426. The summed E-state index contributed by atoms with van der Waals surface area (Å²) in [6.45, 7) is 6.65. The second-order valence-electron chi connectivity index (χ2n) is 11.4. The predicted octanol–water partition coefficient (Wildman–Crippen LogP) is 3.93. The lowest BCUT2D eigenvalue weighted by molar-refractivity contribution is -0.143. The van der Waals surface area contributed by atoms with Gasteiger partial charge in [0.25, 0.3) is 6.47 Å². The van der Waals surface area contributed by atoms with Gasteiger partial charge in [-0.15, -0.1) is 0 Å². The van der Waals surface area contributed by atoms with E-state index in [0.29, 0.717) is 31.7 Å². The van der Waals surface area contributed by atoms with Crippen LogP contribution in [0, 0.1) is 23.2 Å². The van der Waals surface area contributed by atoms with Crippen molar-refractivity contribution in [1.82, 2.24) is 4.90 Å². The van der Waals surface area contributed by atoms with Crippen LogP contribution in [-0.4, -0.2) is 58.4 Å². The van der Waals surface area contributed by atoms with Crippen LogP contribution in [0.15, 0.2) is 0 Å². The molecule has 0 aromatic carbocycles. The Morgan fingerprint density at radius 1 is 1.06 bits per heavy atom. The van der Waals surface area contributed by atoms with Crippen molar-refractivity contribution in [2.75, 3.05) is 6.54 Å². The molecule has 1 amide bonds.